The van der Waals surface area contributed by atoms with Gasteiger partial charge in [-0.1, -0.05) is 6.07 Å². The van der Waals surface area contributed by atoms with Gasteiger partial charge in [-0.2, -0.15) is 0 Å². The second-order valence-electron chi connectivity index (χ2n) is 4.26. The van der Waals surface area contributed by atoms with Crippen LogP contribution in [-0.4, -0.2) is 21.1 Å². The van der Waals surface area contributed by atoms with Gasteiger partial charge in [-0.25, -0.2) is 9.97 Å². The van der Waals surface area contributed by atoms with Crippen LogP contribution in [-0.2, 0) is 7.05 Å². The Labute approximate surface area is 104 Å². The number of fused-ring (bicyclic) bond motifs is 1. The molecule has 1 unspecified atom stereocenters. The standard InChI is InChI=1S/C13H14N4O/c1-17-5-4-15-13(17)10(7-14)9-2-3-11-12(6-9)18-8-16-11/h2-6,8,10H,7,14H2,1H3. The van der Waals surface area contributed by atoms with E-state index in [0.29, 0.717) is 6.54 Å². The zero-order valence-corrected chi connectivity index (χ0v) is 10.1. The number of rotatable bonds is 3. The molecule has 1 aromatic carbocycles. The topological polar surface area (TPSA) is 69.9 Å². The summed E-state index contributed by atoms with van der Waals surface area (Å²) in [5.41, 5.74) is 8.61. The number of oxazole rings is 1. The molecule has 2 aromatic heterocycles. The van der Waals surface area contributed by atoms with Crippen molar-refractivity contribution in [2.24, 2.45) is 12.8 Å². The van der Waals surface area contributed by atoms with Crippen LogP contribution in [0.3, 0.4) is 0 Å². The number of aromatic nitrogens is 3. The normalized spacial score (nSPS) is 13.0. The maximum absolute atomic E-state index is 5.88. The Morgan fingerprint density at radius 2 is 2.28 bits per heavy atom. The minimum atomic E-state index is 0.0690. The highest BCUT2D eigenvalue weighted by atomic mass is 16.3. The van der Waals surface area contributed by atoms with Gasteiger partial charge >= 0.3 is 0 Å². The van der Waals surface area contributed by atoms with Crippen LogP contribution in [0.5, 0.6) is 0 Å². The fraction of sp³-hybridized carbons (Fsp3) is 0.231. The SMILES string of the molecule is Cn1ccnc1C(CN)c1ccc2ncoc2c1. The fourth-order valence-corrected chi connectivity index (χ4v) is 2.19. The quantitative estimate of drug-likeness (QED) is 0.758. The lowest BCUT2D eigenvalue weighted by molar-refractivity contribution is 0.600. The van der Waals surface area contributed by atoms with Gasteiger partial charge in [0.05, 0.1) is 5.92 Å². The summed E-state index contributed by atoms with van der Waals surface area (Å²) in [5, 5.41) is 0. The first-order chi connectivity index (χ1) is 8.79. The van der Waals surface area contributed by atoms with E-state index in [1.807, 2.05) is 36.0 Å². The summed E-state index contributed by atoms with van der Waals surface area (Å²) >= 11 is 0. The zero-order valence-electron chi connectivity index (χ0n) is 10.1. The second kappa shape index (κ2) is 4.27. The Balaban J connectivity index is 2.08. The summed E-state index contributed by atoms with van der Waals surface area (Å²) < 4.78 is 7.31. The second-order valence-corrected chi connectivity index (χ2v) is 4.26. The van der Waals surface area contributed by atoms with E-state index in [-0.39, 0.29) is 5.92 Å². The minimum absolute atomic E-state index is 0.0690. The Hall–Kier alpha value is -2.14. The highest BCUT2D eigenvalue weighted by Gasteiger charge is 2.17. The van der Waals surface area contributed by atoms with Crippen molar-refractivity contribution in [1.82, 2.24) is 14.5 Å². The van der Waals surface area contributed by atoms with E-state index in [1.165, 1.54) is 6.39 Å². The molecule has 3 aromatic rings. The maximum atomic E-state index is 5.88. The Kier molecular flexibility index (Phi) is 2.60. The van der Waals surface area contributed by atoms with Crippen LogP contribution in [0.15, 0.2) is 41.4 Å². The molecule has 92 valence electrons. The third kappa shape index (κ3) is 1.69. The molecule has 3 rings (SSSR count). The monoisotopic (exact) mass is 242 g/mol. The average Bonchev–Trinajstić information content (AvgIpc) is 2.99. The smallest absolute Gasteiger partial charge is 0.181 e. The number of aryl methyl sites for hydroxylation is 1. The van der Waals surface area contributed by atoms with Crippen LogP contribution in [0.4, 0.5) is 0 Å². The van der Waals surface area contributed by atoms with E-state index in [0.717, 1.165) is 22.5 Å². The molecule has 0 spiro atoms. The molecule has 0 saturated heterocycles. The summed E-state index contributed by atoms with van der Waals surface area (Å²) in [7, 11) is 1.97. The number of benzene rings is 1. The van der Waals surface area contributed by atoms with E-state index >= 15 is 0 Å². The van der Waals surface area contributed by atoms with Crippen molar-refractivity contribution >= 4 is 11.1 Å². The molecular formula is C13H14N4O. The van der Waals surface area contributed by atoms with Crippen molar-refractivity contribution in [1.29, 1.82) is 0 Å². The molecule has 18 heavy (non-hydrogen) atoms. The highest BCUT2D eigenvalue weighted by Crippen LogP contribution is 2.25. The van der Waals surface area contributed by atoms with Gasteiger partial charge in [0, 0.05) is 26.0 Å². The molecule has 0 saturated carbocycles. The summed E-state index contributed by atoms with van der Waals surface area (Å²) in [4.78, 5) is 8.47. The molecule has 0 radical (unpaired) electrons. The fourth-order valence-electron chi connectivity index (χ4n) is 2.19. The largest absolute Gasteiger partial charge is 0.443 e. The van der Waals surface area contributed by atoms with Crippen molar-refractivity contribution in [2.45, 2.75) is 5.92 Å². The first-order valence-electron chi connectivity index (χ1n) is 5.80. The third-order valence-electron chi connectivity index (χ3n) is 3.16. The lowest BCUT2D eigenvalue weighted by Crippen LogP contribution is -2.17. The van der Waals surface area contributed by atoms with Gasteiger partial charge in [-0.3, -0.25) is 0 Å². The molecule has 2 heterocycles. The van der Waals surface area contributed by atoms with Gasteiger partial charge < -0.3 is 14.7 Å². The Bertz CT molecular complexity index is 670. The van der Waals surface area contributed by atoms with Crippen LogP contribution in [0.25, 0.3) is 11.1 Å². The predicted molar refractivity (Wildman–Crippen MR) is 68.1 cm³/mol. The molecule has 0 amide bonds. The number of nitrogens with two attached hydrogens (primary N) is 1. The molecule has 0 fully saturated rings. The molecule has 0 bridgehead atoms. The van der Waals surface area contributed by atoms with Crippen LogP contribution in [0.2, 0.25) is 0 Å². The van der Waals surface area contributed by atoms with Crippen LogP contribution in [0, 0.1) is 0 Å². The first kappa shape index (κ1) is 11.0. The Morgan fingerprint density at radius 1 is 1.39 bits per heavy atom. The molecule has 1 atom stereocenters. The summed E-state index contributed by atoms with van der Waals surface area (Å²) in [6.07, 6.45) is 5.16. The van der Waals surface area contributed by atoms with Crippen molar-refractivity contribution in [3.05, 3.63) is 48.4 Å². The molecular weight excluding hydrogens is 228 g/mol. The van der Waals surface area contributed by atoms with Crippen LogP contribution in [0.1, 0.15) is 17.3 Å². The number of imidazole rings is 1. The molecule has 2 N–H and O–H groups in total. The zero-order chi connectivity index (χ0) is 12.5. The van der Waals surface area contributed by atoms with E-state index in [1.54, 1.807) is 6.20 Å². The van der Waals surface area contributed by atoms with E-state index in [2.05, 4.69) is 9.97 Å². The Morgan fingerprint density at radius 3 is 3.00 bits per heavy atom. The van der Waals surface area contributed by atoms with E-state index < -0.39 is 0 Å². The van der Waals surface area contributed by atoms with Crippen LogP contribution >= 0.6 is 0 Å². The average molecular weight is 242 g/mol. The first-order valence-corrected chi connectivity index (χ1v) is 5.80. The number of hydrogen-bond donors (Lipinski definition) is 1. The number of nitrogens with zero attached hydrogens (tertiary/aromatic N) is 3. The van der Waals surface area contributed by atoms with Crippen molar-refractivity contribution < 1.29 is 4.42 Å². The predicted octanol–water partition coefficient (Wildman–Crippen LogP) is 1.65. The van der Waals surface area contributed by atoms with Gasteiger partial charge in [0.15, 0.2) is 12.0 Å². The van der Waals surface area contributed by atoms with Gasteiger partial charge in [0.25, 0.3) is 0 Å². The molecule has 0 aliphatic rings. The van der Waals surface area contributed by atoms with E-state index in [9.17, 15) is 0 Å². The van der Waals surface area contributed by atoms with Gasteiger partial charge in [0.2, 0.25) is 0 Å². The summed E-state index contributed by atoms with van der Waals surface area (Å²) in [5.74, 6) is 1.02. The van der Waals surface area contributed by atoms with Gasteiger partial charge in [-0.15, -0.1) is 0 Å². The van der Waals surface area contributed by atoms with Gasteiger partial charge in [-0.05, 0) is 17.7 Å². The van der Waals surface area contributed by atoms with Crippen LogP contribution < -0.4 is 5.73 Å². The summed E-state index contributed by atoms with van der Waals surface area (Å²) in [6, 6.07) is 5.95. The van der Waals surface area contributed by atoms with Crippen molar-refractivity contribution in [3.63, 3.8) is 0 Å². The molecule has 0 aliphatic heterocycles. The number of hydrogen-bond acceptors (Lipinski definition) is 4. The molecule has 5 heteroatoms. The third-order valence-corrected chi connectivity index (χ3v) is 3.16. The molecule has 5 nitrogen and oxygen atoms in total. The lowest BCUT2D eigenvalue weighted by atomic mass is 9.98. The maximum Gasteiger partial charge on any atom is 0.181 e. The van der Waals surface area contributed by atoms with Gasteiger partial charge in [0.1, 0.15) is 11.3 Å². The molecule has 0 aliphatic carbocycles. The van der Waals surface area contributed by atoms with E-state index in [4.69, 9.17) is 10.2 Å². The summed E-state index contributed by atoms with van der Waals surface area (Å²) in [6.45, 7) is 0.504. The van der Waals surface area contributed by atoms with Crippen molar-refractivity contribution in [2.75, 3.05) is 6.54 Å². The lowest BCUT2D eigenvalue weighted by Gasteiger charge is -2.14. The minimum Gasteiger partial charge on any atom is -0.443 e. The van der Waals surface area contributed by atoms with Crippen molar-refractivity contribution in [3.8, 4) is 0 Å². The highest BCUT2D eigenvalue weighted by molar-refractivity contribution is 5.73.